The lowest BCUT2D eigenvalue weighted by Gasteiger charge is -2.19. The highest BCUT2D eigenvalue weighted by molar-refractivity contribution is 8.14. The van der Waals surface area contributed by atoms with Crippen LogP contribution in [0.5, 0.6) is 0 Å². The van der Waals surface area contributed by atoms with Crippen molar-refractivity contribution in [1.29, 1.82) is 0 Å². The van der Waals surface area contributed by atoms with Crippen LogP contribution in [-0.2, 0) is 4.74 Å². The molecule has 0 saturated carbocycles. The first-order valence-corrected chi connectivity index (χ1v) is 5.46. The Morgan fingerprint density at radius 2 is 2.40 bits per heavy atom. The summed E-state index contributed by atoms with van der Waals surface area (Å²) in [6.07, 6.45) is 4.75. The number of carbonyl (C=O) groups excluding carboxylic acids is 1. The van der Waals surface area contributed by atoms with Crippen LogP contribution in [-0.4, -0.2) is 28.7 Å². The van der Waals surface area contributed by atoms with E-state index < -0.39 is 11.7 Å². The van der Waals surface area contributed by atoms with Gasteiger partial charge in [0.25, 0.3) is 0 Å². The Morgan fingerprint density at radius 3 is 2.87 bits per heavy atom. The second kappa shape index (κ2) is 4.58. The first-order valence-electron chi connectivity index (χ1n) is 4.58. The molecule has 1 aliphatic heterocycles. The van der Waals surface area contributed by atoms with E-state index in [2.05, 4.69) is 16.2 Å². The summed E-state index contributed by atoms with van der Waals surface area (Å²) in [6, 6.07) is 0. The van der Waals surface area contributed by atoms with Crippen molar-refractivity contribution in [2.45, 2.75) is 31.6 Å². The number of rotatable bonds is 0. The number of hydrogen-bond donors (Lipinski definition) is 1. The van der Waals surface area contributed by atoms with Gasteiger partial charge >= 0.3 is 6.09 Å². The van der Waals surface area contributed by atoms with Crippen LogP contribution >= 0.6 is 11.8 Å². The van der Waals surface area contributed by atoms with E-state index in [-0.39, 0.29) is 5.25 Å². The summed E-state index contributed by atoms with van der Waals surface area (Å²) in [5.74, 6) is 2.57. The normalized spacial score (nSPS) is 20.4. The minimum Gasteiger partial charge on any atom is -0.444 e. The maximum Gasteiger partial charge on any atom is 0.413 e. The summed E-state index contributed by atoms with van der Waals surface area (Å²) in [4.78, 5) is 15.4. The third-order valence-corrected chi connectivity index (χ3v) is 2.47. The van der Waals surface area contributed by atoms with E-state index in [0.717, 1.165) is 0 Å². The van der Waals surface area contributed by atoms with Gasteiger partial charge in [-0.1, -0.05) is 17.7 Å². The molecule has 15 heavy (non-hydrogen) atoms. The maximum absolute atomic E-state index is 11.3. The Kier molecular flexibility index (Phi) is 3.64. The molecular formula is C10H14N2O2S. The predicted octanol–water partition coefficient (Wildman–Crippen LogP) is 1.62. The number of nitrogens with one attached hydrogen (secondary N) is 1. The maximum atomic E-state index is 11.3. The summed E-state index contributed by atoms with van der Waals surface area (Å²) >= 11 is 1.37. The molecule has 0 saturated heterocycles. The molecule has 1 atom stereocenters. The molecule has 0 spiro atoms. The molecule has 1 rings (SSSR count). The minimum atomic E-state index is -0.501. The van der Waals surface area contributed by atoms with Crippen LogP contribution in [0, 0.1) is 12.3 Å². The number of nitrogens with zero attached hydrogens (tertiary/aromatic N) is 1. The average Bonchev–Trinajstić information content (AvgIpc) is 2.48. The van der Waals surface area contributed by atoms with Crippen molar-refractivity contribution >= 4 is 23.0 Å². The second-order valence-electron chi connectivity index (χ2n) is 4.05. The summed E-state index contributed by atoms with van der Waals surface area (Å²) in [5.41, 5.74) is -0.501. The molecule has 0 fully saturated rings. The van der Waals surface area contributed by atoms with E-state index in [1.807, 2.05) is 0 Å². The summed E-state index contributed by atoms with van der Waals surface area (Å²) in [7, 11) is 0. The lowest BCUT2D eigenvalue weighted by molar-refractivity contribution is 0.0564. The van der Waals surface area contributed by atoms with Gasteiger partial charge in [-0.25, -0.2) is 4.79 Å². The zero-order valence-electron chi connectivity index (χ0n) is 9.03. The highest BCUT2D eigenvalue weighted by Crippen LogP contribution is 2.18. The molecule has 1 unspecified atom stereocenters. The van der Waals surface area contributed by atoms with Crippen LogP contribution in [0.15, 0.2) is 4.99 Å². The van der Waals surface area contributed by atoms with Crippen LogP contribution in [0.25, 0.3) is 0 Å². The molecular weight excluding hydrogens is 212 g/mol. The molecule has 5 heteroatoms. The number of alkyl carbamates (subject to hydrolysis) is 1. The van der Waals surface area contributed by atoms with Crippen molar-refractivity contribution in [3.05, 3.63) is 0 Å². The van der Waals surface area contributed by atoms with Crippen molar-refractivity contribution in [3.8, 4) is 12.3 Å². The van der Waals surface area contributed by atoms with E-state index in [1.54, 1.807) is 20.8 Å². The number of ether oxygens (including phenoxy) is 1. The lowest BCUT2D eigenvalue weighted by Crippen LogP contribution is -2.34. The fraction of sp³-hybridized carbons (Fsp3) is 0.600. The first-order chi connectivity index (χ1) is 6.90. The molecule has 1 heterocycles. The fourth-order valence-corrected chi connectivity index (χ4v) is 1.70. The van der Waals surface area contributed by atoms with Gasteiger partial charge in [0.05, 0.1) is 11.8 Å². The van der Waals surface area contributed by atoms with E-state index in [4.69, 9.17) is 11.2 Å². The Morgan fingerprint density at radius 1 is 1.73 bits per heavy atom. The topological polar surface area (TPSA) is 50.7 Å². The van der Waals surface area contributed by atoms with Gasteiger partial charge in [-0.2, -0.15) is 0 Å². The van der Waals surface area contributed by atoms with Crippen molar-refractivity contribution in [1.82, 2.24) is 5.32 Å². The molecule has 0 radical (unpaired) electrons. The Hall–Kier alpha value is -1.15. The number of carbonyl (C=O) groups is 1. The smallest absolute Gasteiger partial charge is 0.413 e. The van der Waals surface area contributed by atoms with Gasteiger partial charge in [-0.3, -0.25) is 10.3 Å². The van der Waals surface area contributed by atoms with Crippen LogP contribution in [0.2, 0.25) is 0 Å². The quantitative estimate of drug-likeness (QED) is 0.638. The zero-order chi connectivity index (χ0) is 11.5. The molecule has 0 aromatic heterocycles. The molecule has 0 bridgehead atoms. The first kappa shape index (κ1) is 11.9. The average molecular weight is 226 g/mol. The van der Waals surface area contributed by atoms with Crippen LogP contribution in [0.3, 0.4) is 0 Å². The number of terminal acetylenes is 1. The molecule has 0 aliphatic carbocycles. The van der Waals surface area contributed by atoms with Crippen molar-refractivity contribution < 1.29 is 9.53 Å². The van der Waals surface area contributed by atoms with E-state index >= 15 is 0 Å². The van der Waals surface area contributed by atoms with Crippen LogP contribution in [0.4, 0.5) is 4.79 Å². The molecule has 1 aliphatic rings. The highest BCUT2D eigenvalue weighted by atomic mass is 32.2. The highest BCUT2D eigenvalue weighted by Gasteiger charge is 2.22. The predicted molar refractivity (Wildman–Crippen MR) is 61.9 cm³/mol. The standard InChI is InChI=1S/C10H14N2O2S/c1-5-7-6-11-8(15-7)12-9(13)14-10(2,3)4/h1,7H,6H2,2-4H3,(H,11,12,13). The van der Waals surface area contributed by atoms with E-state index in [9.17, 15) is 4.79 Å². The molecule has 82 valence electrons. The van der Waals surface area contributed by atoms with Crippen molar-refractivity contribution in [2.75, 3.05) is 6.54 Å². The van der Waals surface area contributed by atoms with Gasteiger partial charge in [0.15, 0.2) is 5.17 Å². The van der Waals surface area contributed by atoms with Crippen molar-refractivity contribution in [3.63, 3.8) is 0 Å². The largest absolute Gasteiger partial charge is 0.444 e. The molecule has 0 aromatic carbocycles. The van der Waals surface area contributed by atoms with Gasteiger partial charge < -0.3 is 4.74 Å². The van der Waals surface area contributed by atoms with Gasteiger partial charge in [-0.15, -0.1) is 6.42 Å². The second-order valence-corrected chi connectivity index (χ2v) is 5.24. The Labute approximate surface area is 93.9 Å². The third-order valence-electron chi connectivity index (χ3n) is 1.45. The number of thioether (sulfide) groups is 1. The van der Waals surface area contributed by atoms with Gasteiger partial charge in [0, 0.05) is 0 Å². The molecule has 0 aromatic rings. The molecule has 4 nitrogen and oxygen atoms in total. The van der Waals surface area contributed by atoms with Gasteiger partial charge in [0.2, 0.25) is 0 Å². The Bertz CT molecular complexity index is 325. The Balaban J connectivity index is 2.38. The number of aliphatic imine (C=N–C) groups is 1. The zero-order valence-corrected chi connectivity index (χ0v) is 9.85. The summed E-state index contributed by atoms with van der Waals surface area (Å²) in [6.45, 7) is 5.97. The minimum absolute atomic E-state index is 0.0231. The monoisotopic (exact) mass is 226 g/mol. The number of amidine groups is 1. The molecule has 1 amide bonds. The van der Waals surface area contributed by atoms with Crippen LogP contribution < -0.4 is 5.32 Å². The summed E-state index contributed by atoms with van der Waals surface area (Å²) < 4.78 is 5.07. The lowest BCUT2D eigenvalue weighted by atomic mass is 10.2. The van der Waals surface area contributed by atoms with E-state index in [1.165, 1.54) is 11.8 Å². The van der Waals surface area contributed by atoms with E-state index in [0.29, 0.717) is 11.7 Å². The van der Waals surface area contributed by atoms with Crippen molar-refractivity contribution in [2.24, 2.45) is 4.99 Å². The number of amides is 1. The van der Waals surface area contributed by atoms with Gasteiger partial charge in [-0.05, 0) is 20.8 Å². The molecule has 1 N–H and O–H groups in total. The fourth-order valence-electron chi connectivity index (χ4n) is 0.922. The number of hydrogen-bond acceptors (Lipinski definition) is 4. The van der Waals surface area contributed by atoms with Crippen LogP contribution in [0.1, 0.15) is 20.8 Å². The van der Waals surface area contributed by atoms with Gasteiger partial charge in [0.1, 0.15) is 5.60 Å². The SMILES string of the molecule is C#CC1CN=C(NC(=O)OC(C)(C)C)S1. The summed E-state index contributed by atoms with van der Waals surface area (Å²) in [5, 5.41) is 3.11. The third kappa shape index (κ3) is 4.26.